The molecule has 0 saturated carbocycles. The van der Waals surface area contributed by atoms with Crippen LogP contribution in [0.3, 0.4) is 0 Å². The van der Waals surface area contributed by atoms with Gasteiger partial charge in [-0.15, -0.1) is 11.3 Å². The van der Waals surface area contributed by atoms with Gasteiger partial charge in [0.2, 0.25) is 0 Å². The quantitative estimate of drug-likeness (QED) is 0.819. The van der Waals surface area contributed by atoms with E-state index in [1.54, 1.807) is 35.6 Å². The lowest BCUT2D eigenvalue weighted by Gasteiger charge is -2.04. The molecule has 0 radical (unpaired) electrons. The Balaban J connectivity index is 1.94. The zero-order valence-electron chi connectivity index (χ0n) is 11.2. The molecule has 0 saturated heterocycles. The number of thiophene rings is 1. The minimum absolute atomic E-state index is 0.0613. The molecule has 0 aliphatic rings. The Bertz CT molecular complexity index is 668. The SMILES string of the molecule is O=C(NCc1sccc1Br)c1ccc(C#CCCO)cc1. The van der Waals surface area contributed by atoms with Crippen molar-refractivity contribution in [2.24, 2.45) is 0 Å². The van der Waals surface area contributed by atoms with Gasteiger partial charge in [0.1, 0.15) is 0 Å². The number of aliphatic hydroxyl groups excluding tert-OH is 1. The number of carbonyl (C=O) groups excluding carboxylic acids is 1. The summed E-state index contributed by atoms with van der Waals surface area (Å²) in [6.45, 7) is 0.570. The van der Waals surface area contributed by atoms with Crippen LogP contribution in [0.25, 0.3) is 0 Å². The molecule has 0 bridgehead atoms. The van der Waals surface area contributed by atoms with E-state index in [0.717, 1.165) is 14.9 Å². The van der Waals surface area contributed by atoms with Crippen molar-refractivity contribution in [2.45, 2.75) is 13.0 Å². The van der Waals surface area contributed by atoms with Gasteiger partial charge in [0.25, 0.3) is 5.91 Å². The van der Waals surface area contributed by atoms with Gasteiger partial charge in [0.15, 0.2) is 0 Å². The maximum absolute atomic E-state index is 12.0. The van der Waals surface area contributed by atoms with E-state index in [2.05, 4.69) is 33.1 Å². The van der Waals surface area contributed by atoms with Crippen LogP contribution in [0.2, 0.25) is 0 Å². The molecule has 21 heavy (non-hydrogen) atoms. The predicted molar refractivity (Wildman–Crippen MR) is 88.2 cm³/mol. The second kappa shape index (κ2) is 7.99. The molecule has 1 heterocycles. The molecular weight excluding hydrogens is 350 g/mol. The van der Waals surface area contributed by atoms with Gasteiger partial charge in [-0.25, -0.2) is 0 Å². The van der Waals surface area contributed by atoms with E-state index in [4.69, 9.17) is 5.11 Å². The van der Waals surface area contributed by atoms with Crippen molar-refractivity contribution in [1.82, 2.24) is 5.32 Å². The van der Waals surface area contributed by atoms with E-state index in [1.165, 1.54) is 0 Å². The van der Waals surface area contributed by atoms with Crippen molar-refractivity contribution in [3.63, 3.8) is 0 Å². The topological polar surface area (TPSA) is 49.3 Å². The Morgan fingerprint density at radius 1 is 1.29 bits per heavy atom. The van der Waals surface area contributed by atoms with Crippen LogP contribution < -0.4 is 5.32 Å². The molecule has 0 fully saturated rings. The van der Waals surface area contributed by atoms with Crippen molar-refractivity contribution >= 4 is 33.2 Å². The number of amides is 1. The third-order valence-corrected chi connectivity index (χ3v) is 4.64. The minimum Gasteiger partial charge on any atom is -0.395 e. The van der Waals surface area contributed by atoms with Gasteiger partial charge in [-0.05, 0) is 51.6 Å². The highest BCUT2D eigenvalue weighted by Gasteiger charge is 2.07. The Morgan fingerprint density at radius 2 is 2.05 bits per heavy atom. The maximum Gasteiger partial charge on any atom is 0.251 e. The van der Waals surface area contributed by atoms with Crippen LogP contribution in [0.15, 0.2) is 40.2 Å². The molecule has 3 nitrogen and oxygen atoms in total. The summed E-state index contributed by atoms with van der Waals surface area (Å²) in [7, 11) is 0. The van der Waals surface area contributed by atoms with Crippen LogP contribution in [-0.4, -0.2) is 17.6 Å². The molecule has 1 aromatic heterocycles. The molecular formula is C16H14BrNO2S. The highest BCUT2D eigenvalue weighted by Crippen LogP contribution is 2.22. The van der Waals surface area contributed by atoms with Gasteiger partial charge < -0.3 is 10.4 Å². The number of carbonyl (C=O) groups is 1. The van der Waals surface area contributed by atoms with E-state index < -0.39 is 0 Å². The lowest BCUT2D eigenvalue weighted by Crippen LogP contribution is -2.22. The van der Waals surface area contributed by atoms with Gasteiger partial charge in [-0.2, -0.15) is 0 Å². The zero-order chi connectivity index (χ0) is 15.1. The third-order valence-electron chi connectivity index (χ3n) is 2.72. The van der Waals surface area contributed by atoms with Gasteiger partial charge in [-0.1, -0.05) is 11.8 Å². The molecule has 2 rings (SSSR count). The monoisotopic (exact) mass is 363 g/mol. The van der Waals surface area contributed by atoms with Crippen molar-refractivity contribution in [3.8, 4) is 11.8 Å². The molecule has 0 aliphatic carbocycles. The van der Waals surface area contributed by atoms with Gasteiger partial charge in [0, 0.05) is 26.9 Å². The highest BCUT2D eigenvalue weighted by molar-refractivity contribution is 9.10. The average molecular weight is 364 g/mol. The lowest BCUT2D eigenvalue weighted by atomic mass is 10.1. The first-order chi connectivity index (χ1) is 10.2. The summed E-state index contributed by atoms with van der Waals surface area (Å²) < 4.78 is 1.02. The Labute approximate surface area is 136 Å². The van der Waals surface area contributed by atoms with E-state index in [9.17, 15) is 4.79 Å². The molecule has 0 spiro atoms. The van der Waals surface area contributed by atoms with Crippen LogP contribution in [0.5, 0.6) is 0 Å². The smallest absolute Gasteiger partial charge is 0.251 e. The number of hydrogen-bond acceptors (Lipinski definition) is 3. The summed E-state index contributed by atoms with van der Waals surface area (Å²) in [5.41, 5.74) is 1.44. The summed E-state index contributed by atoms with van der Waals surface area (Å²) in [6, 6.07) is 9.08. The number of nitrogens with one attached hydrogen (secondary N) is 1. The molecule has 1 amide bonds. The zero-order valence-corrected chi connectivity index (χ0v) is 13.6. The number of benzene rings is 1. The summed E-state index contributed by atoms with van der Waals surface area (Å²) in [4.78, 5) is 13.1. The van der Waals surface area contributed by atoms with Gasteiger partial charge in [0.05, 0.1) is 13.2 Å². The summed E-state index contributed by atoms with van der Waals surface area (Å²) in [5, 5.41) is 13.5. The number of halogens is 1. The first kappa shape index (κ1) is 15.8. The molecule has 108 valence electrons. The van der Waals surface area contributed by atoms with E-state index in [-0.39, 0.29) is 12.5 Å². The van der Waals surface area contributed by atoms with Crippen molar-refractivity contribution in [2.75, 3.05) is 6.61 Å². The third kappa shape index (κ3) is 4.71. The fourth-order valence-corrected chi connectivity index (χ4v) is 3.07. The van der Waals surface area contributed by atoms with Crippen LogP contribution >= 0.6 is 27.3 Å². The Kier molecular flexibility index (Phi) is 6.00. The average Bonchev–Trinajstić information content (AvgIpc) is 2.91. The fourth-order valence-electron chi connectivity index (χ4n) is 1.64. The minimum atomic E-state index is -0.106. The fraction of sp³-hybridized carbons (Fsp3) is 0.188. The van der Waals surface area contributed by atoms with Gasteiger partial charge in [-0.3, -0.25) is 4.79 Å². The van der Waals surface area contributed by atoms with E-state index in [0.29, 0.717) is 18.5 Å². The van der Waals surface area contributed by atoms with Crippen molar-refractivity contribution in [1.29, 1.82) is 0 Å². The maximum atomic E-state index is 12.0. The van der Waals surface area contributed by atoms with Crippen molar-refractivity contribution < 1.29 is 9.90 Å². The van der Waals surface area contributed by atoms with Crippen LogP contribution in [0.1, 0.15) is 27.2 Å². The molecule has 0 unspecified atom stereocenters. The lowest BCUT2D eigenvalue weighted by molar-refractivity contribution is 0.0951. The summed E-state index contributed by atoms with van der Waals surface area (Å²) in [5.74, 6) is 5.67. The standard InChI is InChI=1S/C16H14BrNO2S/c17-14-8-10-21-15(14)11-18-16(20)13-6-4-12(5-7-13)3-1-2-9-19/h4-8,10,19H,2,9,11H2,(H,18,20). The van der Waals surface area contributed by atoms with Gasteiger partial charge >= 0.3 is 0 Å². The summed E-state index contributed by atoms with van der Waals surface area (Å²) >= 11 is 5.04. The summed E-state index contributed by atoms with van der Waals surface area (Å²) in [6.07, 6.45) is 0.456. The normalized spacial score (nSPS) is 9.81. The number of hydrogen-bond donors (Lipinski definition) is 2. The van der Waals surface area contributed by atoms with Crippen molar-refractivity contribution in [3.05, 3.63) is 56.2 Å². The highest BCUT2D eigenvalue weighted by atomic mass is 79.9. The molecule has 2 aromatic rings. The first-order valence-electron chi connectivity index (χ1n) is 6.40. The molecule has 1 aromatic carbocycles. The second-order valence-corrected chi connectivity index (χ2v) is 6.08. The van der Waals surface area contributed by atoms with Crippen LogP contribution in [0.4, 0.5) is 0 Å². The van der Waals surface area contributed by atoms with E-state index in [1.807, 2.05) is 11.4 Å². The number of rotatable bonds is 4. The molecule has 0 atom stereocenters. The predicted octanol–water partition coefficient (Wildman–Crippen LogP) is 3.17. The second-order valence-electron chi connectivity index (χ2n) is 4.23. The van der Waals surface area contributed by atoms with Crippen LogP contribution in [0, 0.1) is 11.8 Å². The molecule has 2 N–H and O–H groups in total. The largest absolute Gasteiger partial charge is 0.395 e. The Morgan fingerprint density at radius 3 is 2.67 bits per heavy atom. The van der Waals surface area contributed by atoms with E-state index >= 15 is 0 Å². The Hall–Kier alpha value is -1.61. The van der Waals surface area contributed by atoms with Crippen LogP contribution in [-0.2, 0) is 6.54 Å². The molecule has 5 heteroatoms. The first-order valence-corrected chi connectivity index (χ1v) is 8.08. The molecule has 0 aliphatic heterocycles. The number of aliphatic hydroxyl groups is 1.